The molecule has 3 nitrogen and oxygen atoms in total. The van der Waals surface area contributed by atoms with Crippen molar-refractivity contribution < 1.29 is 4.42 Å². The van der Waals surface area contributed by atoms with Crippen molar-refractivity contribution in [1.82, 2.24) is 4.57 Å². The molecule has 268 valence electrons. The van der Waals surface area contributed by atoms with Crippen molar-refractivity contribution in [2.75, 3.05) is 4.90 Å². The van der Waals surface area contributed by atoms with Gasteiger partial charge in [0, 0.05) is 44.2 Å². The lowest BCUT2D eigenvalue weighted by molar-refractivity contribution is 0.669. The molecule has 0 aliphatic carbocycles. The molecule has 0 bridgehead atoms. The summed E-state index contributed by atoms with van der Waals surface area (Å²) in [6.45, 7) is 0. The number of hydrogen-bond acceptors (Lipinski definition) is 2. The second-order valence-corrected chi connectivity index (χ2v) is 14.5. The molecule has 2 heterocycles. The van der Waals surface area contributed by atoms with E-state index in [1.165, 1.54) is 38.5 Å². The molecule has 0 atom stereocenters. The van der Waals surface area contributed by atoms with Crippen LogP contribution in [0, 0.1) is 0 Å². The van der Waals surface area contributed by atoms with Crippen molar-refractivity contribution in [1.29, 1.82) is 0 Å². The predicted molar refractivity (Wildman–Crippen MR) is 239 cm³/mol. The Morgan fingerprint density at radius 2 is 0.860 bits per heavy atom. The molecule has 0 spiro atoms. The highest BCUT2D eigenvalue weighted by Gasteiger charge is 2.18. The highest BCUT2D eigenvalue weighted by atomic mass is 16.3. The molecule has 0 amide bonds. The van der Waals surface area contributed by atoms with Crippen LogP contribution in [-0.4, -0.2) is 4.57 Å². The predicted octanol–water partition coefficient (Wildman–Crippen LogP) is 15.2. The number of furan rings is 1. The monoisotopic (exact) mass is 728 g/mol. The van der Waals surface area contributed by atoms with Gasteiger partial charge in [0.1, 0.15) is 11.2 Å². The van der Waals surface area contributed by atoms with Crippen LogP contribution in [0.4, 0.5) is 17.1 Å². The first-order chi connectivity index (χ1) is 28.3. The normalized spacial score (nSPS) is 11.5. The zero-order valence-corrected chi connectivity index (χ0v) is 31.1. The summed E-state index contributed by atoms with van der Waals surface area (Å²) < 4.78 is 8.62. The quantitative estimate of drug-likeness (QED) is 0.163. The lowest BCUT2D eigenvalue weighted by Crippen LogP contribution is -2.11. The number of anilines is 3. The summed E-state index contributed by atoms with van der Waals surface area (Å²) >= 11 is 0. The van der Waals surface area contributed by atoms with Crippen LogP contribution in [0.1, 0.15) is 0 Å². The van der Waals surface area contributed by atoms with Crippen molar-refractivity contribution in [2.24, 2.45) is 0 Å². The molecule has 0 aliphatic heterocycles. The summed E-state index contributed by atoms with van der Waals surface area (Å²) in [4.78, 5) is 2.37. The molecular weight excluding hydrogens is 693 g/mol. The average molecular weight is 729 g/mol. The first-order valence-corrected chi connectivity index (χ1v) is 19.4. The van der Waals surface area contributed by atoms with Crippen LogP contribution in [-0.2, 0) is 0 Å². The van der Waals surface area contributed by atoms with Gasteiger partial charge < -0.3 is 13.9 Å². The molecule has 3 heteroatoms. The van der Waals surface area contributed by atoms with E-state index in [-0.39, 0.29) is 0 Å². The molecule has 0 fully saturated rings. The summed E-state index contributed by atoms with van der Waals surface area (Å²) in [6, 6.07) is 78.1. The number of aromatic nitrogens is 1. The topological polar surface area (TPSA) is 21.3 Å². The van der Waals surface area contributed by atoms with Gasteiger partial charge in [-0.25, -0.2) is 0 Å². The Morgan fingerprint density at radius 1 is 0.333 bits per heavy atom. The van der Waals surface area contributed by atoms with Gasteiger partial charge in [0.25, 0.3) is 0 Å². The van der Waals surface area contributed by atoms with E-state index >= 15 is 0 Å². The van der Waals surface area contributed by atoms with Crippen LogP contribution in [0.5, 0.6) is 0 Å². The van der Waals surface area contributed by atoms with E-state index in [0.717, 1.165) is 61.4 Å². The standard InChI is InChI=1S/C54H36N2O/c1-2-13-39(14-3-1)45-17-4-8-21-50(45)55(43-32-27-38(28-33-43)41-29-34-49-48-20-7-11-24-53(48)57-54(49)36-41)42-30-25-37(26-31-42)40-15-12-16-44(35-40)56-51-22-9-5-18-46(51)47-19-6-10-23-52(47)56/h1-36H. The second kappa shape index (κ2) is 13.6. The molecule has 2 aromatic heterocycles. The molecule has 9 aromatic carbocycles. The first-order valence-electron chi connectivity index (χ1n) is 19.4. The molecule has 0 unspecified atom stereocenters. The van der Waals surface area contributed by atoms with Gasteiger partial charge in [-0.3, -0.25) is 0 Å². The Labute approximate surface area is 330 Å². The van der Waals surface area contributed by atoms with Crippen LogP contribution in [0.3, 0.4) is 0 Å². The zero-order valence-electron chi connectivity index (χ0n) is 31.1. The van der Waals surface area contributed by atoms with E-state index in [0.29, 0.717) is 0 Å². The third-order valence-corrected chi connectivity index (χ3v) is 11.2. The number of nitrogens with zero attached hydrogens (tertiary/aromatic N) is 2. The van der Waals surface area contributed by atoms with Crippen molar-refractivity contribution in [3.05, 3.63) is 218 Å². The Morgan fingerprint density at radius 3 is 1.56 bits per heavy atom. The third-order valence-electron chi connectivity index (χ3n) is 11.2. The van der Waals surface area contributed by atoms with E-state index < -0.39 is 0 Å². The number of benzene rings is 9. The summed E-state index contributed by atoms with van der Waals surface area (Å²) in [5.41, 5.74) is 15.6. The van der Waals surface area contributed by atoms with Crippen LogP contribution in [0.2, 0.25) is 0 Å². The van der Waals surface area contributed by atoms with Gasteiger partial charge in [-0.15, -0.1) is 0 Å². The van der Waals surface area contributed by atoms with Gasteiger partial charge in [-0.1, -0.05) is 146 Å². The smallest absolute Gasteiger partial charge is 0.136 e. The molecule has 11 rings (SSSR count). The maximum atomic E-state index is 6.24. The minimum atomic E-state index is 0.900. The van der Waals surface area contributed by atoms with Gasteiger partial charge >= 0.3 is 0 Å². The van der Waals surface area contributed by atoms with Crippen LogP contribution >= 0.6 is 0 Å². The van der Waals surface area contributed by atoms with Gasteiger partial charge in [0.2, 0.25) is 0 Å². The average Bonchev–Trinajstić information content (AvgIpc) is 3.83. The minimum Gasteiger partial charge on any atom is -0.456 e. The van der Waals surface area contributed by atoms with E-state index in [2.05, 4.69) is 216 Å². The maximum Gasteiger partial charge on any atom is 0.136 e. The Kier molecular flexibility index (Phi) is 7.82. The fourth-order valence-electron chi connectivity index (χ4n) is 8.49. The summed E-state index contributed by atoms with van der Waals surface area (Å²) in [5.74, 6) is 0. The van der Waals surface area contributed by atoms with Crippen molar-refractivity contribution in [3.8, 4) is 39.1 Å². The molecular formula is C54H36N2O. The molecule has 0 N–H and O–H groups in total. The Hall–Kier alpha value is -7.62. The zero-order chi connectivity index (χ0) is 37.7. The Balaban J connectivity index is 0.987. The van der Waals surface area contributed by atoms with Crippen molar-refractivity contribution >= 4 is 60.8 Å². The van der Waals surface area contributed by atoms with Crippen LogP contribution in [0.25, 0.3) is 82.8 Å². The van der Waals surface area contributed by atoms with E-state index in [1.54, 1.807) is 0 Å². The van der Waals surface area contributed by atoms with Gasteiger partial charge in [0.05, 0.1) is 16.7 Å². The van der Waals surface area contributed by atoms with E-state index in [9.17, 15) is 0 Å². The van der Waals surface area contributed by atoms with Crippen LogP contribution < -0.4 is 4.90 Å². The molecule has 57 heavy (non-hydrogen) atoms. The van der Waals surface area contributed by atoms with Crippen molar-refractivity contribution in [3.63, 3.8) is 0 Å². The molecule has 0 aliphatic rings. The Bertz CT molecular complexity index is 3170. The highest BCUT2D eigenvalue weighted by Crippen LogP contribution is 2.42. The molecule has 11 aromatic rings. The number of fused-ring (bicyclic) bond motifs is 6. The fourth-order valence-corrected chi connectivity index (χ4v) is 8.49. The largest absolute Gasteiger partial charge is 0.456 e. The summed E-state index contributed by atoms with van der Waals surface area (Å²) in [7, 11) is 0. The van der Waals surface area contributed by atoms with Gasteiger partial charge in [-0.05, 0) is 101 Å². The SMILES string of the molecule is c1ccc(-c2ccccc2N(c2ccc(-c3cccc(-n4c5ccccc5c5ccccc54)c3)cc2)c2ccc(-c3ccc4c(c3)oc3ccccc34)cc2)cc1. The van der Waals surface area contributed by atoms with Crippen molar-refractivity contribution in [2.45, 2.75) is 0 Å². The van der Waals surface area contributed by atoms with Crippen LogP contribution in [0.15, 0.2) is 223 Å². The lowest BCUT2D eigenvalue weighted by Gasteiger charge is -2.28. The van der Waals surface area contributed by atoms with E-state index in [4.69, 9.17) is 4.42 Å². The second-order valence-electron chi connectivity index (χ2n) is 14.5. The lowest BCUT2D eigenvalue weighted by atomic mass is 10.00. The third kappa shape index (κ3) is 5.68. The fraction of sp³-hybridized carbons (Fsp3) is 0. The first kappa shape index (κ1) is 32.8. The van der Waals surface area contributed by atoms with Gasteiger partial charge in [-0.2, -0.15) is 0 Å². The molecule has 0 saturated heterocycles. The van der Waals surface area contributed by atoms with E-state index in [1.807, 2.05) is 12.1 Å². The molecule has 0 radical (unpaired) electrons. The number of hydrogen-bond donors (Lipinski definition) is 0. The number of para-hydroxylation sites is 4. The highest BCUT2D eigenvalue weighted by molar-refractivity contribution is 6.09. The number of rotatable bonds is 7. The molecule has 0 saturated carbocycles. The summed E-state index contributed by atoms with van der Waals surface area (Å²) in [5, 5.41) is 4.80. The minimum absolute atomic E-state index is 0.900. The summed E-state index contributed by atoms with van der Waals surface area (Å²) in [6.07, 6.45) is 0. The van der Waals surface area contributed by atoms with Gasteiger partial charge in [0.15, 0.2) is 0 Å². The maximum absolute atomic E-state index is 6.24.